The first-order chi connectivity index (χ1) is 11.0. The second-order valence-electron chi connectivity index (χ2n) is 4.48. The Hall–Kier alpha value is 1.61. The molecule has 4 unspecified atom stereocenters. The first kappa shape index (κ1) is 22.6. The molecule has 2 saturated heterocycles. The van der Waals surface area contributed by atoms with Crippen molar-refractivity contribution in [3.8, 4) is 0 Å². The van der Waals surface area contributed by atoms with Crippen LogP contribution in [-0.4, -0.2) is 59.8 Å². The van der Waals surface area contributed by atoms with Gasteiger partial charge in [-0.3, -0.25) is 0 Å². The standard InChI is InChI=1S/C10H12O2S2Se.C4H8S3Se/c1-3-9(11)13-7-5-15-6-8(7)14-10(12)4-2;5-3-1-8-2-4(6)7-3/h3-4,7-8H,1-2,5-6H2;3-6H,1-2H2. The zero-order valence-electron chi connectivity index (χ0n) is 12.5. The van der Waals surface area contributed by atoms with Gasteiger partial charge in [0, 0.05) is 0 Å². The van der Waals surface area contributed by atoms with E-state index in [1.807, 2.05) is 11.8 Å². The molecule has 2 aliphatic rings. The van der Waals surface area contributed by atoms with Gasteiger partial charge >= 0.3 is 177 Å². The SMILES string of the molecule is C=CC(=O)SC1C[Se]CC1SC(=O)C=C.SC1C[Se]CC(S)S1. The zero-order valence-corrected chi connectivity index (χ0v) is 20.1. The molecule has 0 aromatic heterocycles. The number of thiol groups is 2. The normalized spacial score (nSPS) is 30.0. The molecule has 0 spiro atoms. The molecule has 0 bridgehead atoms. The van der Waals surface area contributed by atoms with E-state index in [4.69, 9.17) is 0 Å². The van der Waals surface area contributed by atoms with Crippen LogP contribution in [0.5, 0.6) is 0 Å². The van der Waals surface area contributed by atoms with Crippen molar-refractivity contribution in [1.82, 2.24) is 0 Å². The number of carbonyl (C=O) groups is 2. The van der Waals surface area contributed by atoms with Gasteiger partial charge in [0.05, 0.1) is 0 Å². The van der Waals surface area contributed by atoms with E-state index in [2.05, 4.69) is 38.4 Å². The number of thioether (sulfide) groups is 3. The minimum absolute atomic E-state index is 0.00866. The van der Waals surface area contributed by atoms with Crippen molar-refractivity contribution in [3.63, 3.8) is 0 Å². The summed E-state index contributed by atoms with van der Waals surface area (Å²) in [5.41, 5.74) is 0. The molecule has 2 heterocycles. The zero-order chi connectivity index (χ0) is 17.2. The maximum atomic E-state index is 11.2. The van der Waals surface area contributed by atoms with Gasteiger partial charge in [0.1, 0.15) is 0 Å². The molecule has 9 heteroatoms. The molecule has 0 aromatic rings. The molecular formula is C14H20O2S5Se2. The van der Waals surface area contributed by atoms with E-state index in [9.17, 15) is 9.59 Å². The number of hydrogen-bond acceptors (Lipinski definition) is 7. The van der Waals surface area contributed by atoms with Crippen LogP contribution >= 0.6 is 60.5 Å². The minimum atomic E-state index is 0.00866. The molecule has 2 nitrogen and oxygen atoms in total. The van der Waals surface area contributed by atoms with Gasteiger partial charge in [0.25, 0.3) is 0 Å². The molecule has 130 valence electrons. The third kappa shape index (κ3) is 9.76. The molecule has 4 atom stereocenters. The summed E-state index contributed by atoms with van der Waals surface area (Å²) in [6.45, 7) is 6.90. The van der Waals surface area contributed by atoms with Crippen LogP contribution in [0.3, 0.4) is 0 Å². The van der Waals surface area contributed by atoms with Crippen LogP contribution in [-0.2, 0) is 9.59 Å². The Balaban J connectivity index is 0.000000277. The molecule has 0 saturated carbocycles. The number of carbonyl (C=O) groups excluding carboxylic acids is 2. The summed E-state index contributed by atoms with van der Waals surface area (Å²) in [5.74, 6) is 0. The summed E-state index contributed by atoms with van der Waals surface area (Å²) in [7, 11) is 0. The fourth-order valence-corrected chi connectivity index (χ4v) is 14.0. The van der Waals surface area contributed by atoms with Crippen molar-refractivity contribution in [2.75, 3.05) is 0 Å². The van der Waals surface area contributed by atoms with Crippen molar-refractivity contribution in [2.24, 2.45) is 0 Å². The van der Waals surface area contributed by atoms with E-state index in [1.165, 1.54) is 46.3 Å². The van der Waals surface area contributed by atoms with E-state index in [1.54, 1.807) is 0 Å². The summed E-state index contributed by atoms with van der Waals surface area (Å²) in [4.78, 5) is 22.4. The first-order valence-electron chi connectivity index (χ1n) is 6.79. The third-order valence-electron chi connectivity index (χ3n) is 2.68. The van der Waals surface area contributed by atoms with Crippen molar-refractivity contribution in [2.45, 2.75) is 40.9 Å². The Bertz CT molecular complexity index is 399. The Morgan fingerprint density at radius 2 is 1.30 bits per heavy atom. The van der Waals surface area contributed by atoms with Crippen LogP contribution in [0, 0.1) is 0 Å². The van der Waals surface area contributed by atoms with Crippen molar-refractivity contribution in [1.29, 1.82) is 0 Å². The Morgan fingerprint density at radius 3 is 1.61 bits per heavy atom. The first-order valence-corrected chi connectivity index (χ1v) is 15.4. The van der Waals surface area contributed by atoms with Crippen LogP contribution in [0.4, 0.5) is 0 Å². The van der Waals surface area contributed by atoms with E-state index >= 15 is 0 Å². The molecule has 0 amide bonds. The van der Waals surface area contributed by atoms with E-state index in [0.29, 0.717) is 24.1 Å². The number of hydrogen-bond donors (Lipinski definition) is 2. The van der Waals surface area contributed by atoms with Gasteiger partial charge in [0.15, 0.2) is 0 Å². The van der Waals surface area contributed by atoms with Gasteiger partial charge in [-0.1, -0.05) is 0 Å². The molecule has 2 aliphatic heterocycles. The number of rotatable bonds is 4. The van der Waals surface area contributed by atoms with Crippen molar-refractivity contribution in [3.05, 3.63) is 25.3 Å². The molecule has 2 rings (SSSR count). The van der Waals surface area contributed by atoms with Gasteiger partial charge in [-0.25, -0.2) is 0 Å². The van der Waals surface area contributed by atoms with Crippen LogP contribution in [0.25, 0.3) is 0 Å². The predicted molar refractivity (Wildman–Crippen MR) is 117 cm³/mol. The summed E-state index contributed by atoms with van der Waals surface area (Å²) in [5, 5.41) is 5.35. The van der Waals surface area contributed by atoms with Crippen LogP contribution in [0.15, 0.2) is 25.3 Å². The average molecular weight is 539 g/mol. The van der Waals surface area contributed by atoms with Gasteiger partial charge in [-0.2, -0.15) is 0 Å². The van der Waals surface area contributed by atoms with Gasteiger partial charge in [0.2, 0.25) is 0 Å². The van der Waals surface area contributed by atoms with Crippen LogP contribution in [0.2, 0.25) is 21.3 Å². The van der Waals surface area contributed by atoms with E-state index in [0.717, 1.165) is 25.6 Å². The summed E-state index contributed by atoms with van der Waals surface area (Å²) < 4.78 is 1.15. The second kappa shape index (κ2) is 12.9. The quantitative estimate of drug-likeness (QED) is 0.322. The molecular weight excluding hydrogens is 518 g/mol. The molecule has 2 fully saturated rings. The van der Waals surface area contributed by atoms with Gasteiger partial charge in [-0.15, -0.1) is 0 Å². The summed E-state index contributed by atoms with van der Waals surface area (Å²) in [6.07, 6.45) is 2.68. The Labute approximate surface area is 175 Å². The van der Waals surface area contributed by atoms with E-state index < -0.39 is 0 Å². The van der Waals surface area contributed by atoms with E-state index in [-0.39, 0.29) is 20.7 Å². The summed E-state index contributed by atoms with van der Waals surface area (Å²) >= 11 is 14.6. The Morgan fingerprint density at radius 1 is 0.913 bits per heavy atom. The maximum absolute atomic E-state index is 11.2. The van der Waals surface area contributed by atoms with Crippen molar-refractivity contribution >= 4 is 101 Å². The molecule has 0 radical (unpaired) electrons. The second-order valence-corrected chi connectivity index (χ2v) is 14.8. The van der Waals surface area contributed by atoms with Crippen LogP contribution < -0.4 is 0 Å². The third-order valence-corrected chi connectivity index (χ3v) is 15.2. The van der Waals surface area contributed by atoms with Crippen LogP contribution in [0.1, 0.15) is 0 Å². The fraction of sp³-hybridized carbons (Fsp3) is 0.571. The molecule has 0 N–H and O–H groups in total. The van der Waals surface area contributed by atoms with Gasteiger partial charge in [-0.05, 0) is 0 Å². The Kier molecular flexibility index (Phi) is 12.7. The molecule has 23 heavy (non-hydrogen) atoms. The topological polar surface area (TPSA) is 34.1 Å². The monoisotopic (exact) mass is 540 g/mol. The molecule has 0 aromatic carbocycles. The average Bonchev–Trinajstić information content (AvgIpc) is 2.94. The fourth-order valence-electron chi connectivity index (χ4n) is 1.66. The molecule has 0 aliphatic carbocycles. The van der Waals surface area contributed by atoms with Crippen molar-refractivity contribution < 1.29 is 9.59 Å². The predicted octanol–water partition coefficient (Wildman–Crippen LogP) is 3.96. The summed E-state index contributed by atoms with van der Waals surface area (Å²) in [6, 6.07) is 0. The van der Waals surface area contributed by atoms with Gasteiger partial charge < -0.3 is 0 Å².